The van der Waals surface area contributed by atoms with Gasteiger partial charge in [-0.25, -0.2) is 0 Å². The van der Waals surface area contributed by atoms with Crippen LogP contribution in [-0.2, 0) is 11.3 Å². The molecule has 1 aromatic carbocycles. The van der Waals surface area contributed by atoms with Gasteiger partial charge in [-0.1, -0.05) is 56.8 Å². The molecule has 6 nitrogen and oxygen atoms in total. The highest BCUT2D eigenvalue weighted by atomic mass is 32.2. The van der Waals surface area contributed by atoms with Gasteiger partial charge in [0.1, 0.15) is 6.23 Å². The van der Waals surface area contributed by atoms with Gasteiger partial charge in [-0.2, -0.15) is 0 Å². The molecule has 2 aliphatic heterocycles. The number of aliphatic hydroxyl groups excluding tert-OH is 2. The van der Waals surface area contributed by atoms with E-state index in [2.05, 4.69) is 48.7 Å². The van der Waals surface area contributed by atoms with Crippen LogP contribution >= 0.6 is 11.8 Å². The molecule has 2 aliphatic rings. The van der Waals surface area contributed by atoms with Crippen molar-refractivity contribution < 1.29 is 15.0 Å². The first kappa shape index (κ1) is 23.1. The van der Waals surface area contributed by atoms with Crippen LogP contribution in [0.25, 0.3) is 4.91 Å². The molecule has 1 saturated heterocycles. The zero-order chi connectivity index (χ0) is 22.1. The molecular formula is C23H35N3O3S. The molecule has 0 radical (unpaired) electrons. The molecule has 0 spiro atoms. The number of rotatable bonds is 6. The number of nitrogens with zero attached hydrogens (tertiary/aromatic N) is 1. The van der Waals surface area contributed by atoms with E-state index in [1.54, 1.807) is 4.90 Å². The average molecular weight is 434 g/mol. The fourth-order valence-electron chi connectivity index (χ4n) is 4.07. The Labute approximate surface area is 184 Å². The van der Waals surface area contributed by atoms with Crippen LogP contribution in [0.2, 0.25) is 0 Å². The van der Waals surface area contributed by atoms with Crippen LogP contribution in [0.5, 0.6) is 0 Å². The van der Waals surface area contributed by atoms with Gasteiger partial charge in [0.05, 0.1) is 17.5 Å². The van der Waals surface area contributed by atoms with Gasteiger partial charge in [0.15, 0.2) is 0 Å². The predicted molar refractivity (Wildman–Crippen MR) is 122 cm³/mol. The summed E-state index contributed by atoms with van der Waals surface area (Å²) in [6.45, 7) is 11.1. The number of nitrogens with one attached hydrogen (secondary N) is 2. The van der Waals surface area contributed by atoms with Crippen molar-refractivity contribution in [3.8, 4) is 0 Å². The van der Waals surface area contributed by atoms with Gasteiger partial charge < -0.3 is 20.4 Å². The van der Waals surface area contributed by atoms with E-state index in [0.29, 0.717) is 24.8 Å². The van der Waals surface area contributed by atoms with E-state index < -0.39 is 18.4 Å². The molecule has 1 amide bonds. The van der Waals surface area contributed by atoms with Crippen molar-refractivity contribution in [1.82, 2.24) is 15.5 Å². The molecule has 1 aromatic rings. The molecule has 7 heteroatoms. The molecule has 0 saturated carbocycles. The van der Waals surface area contributed by atoms with E-state index in [9.17, 15) is 15.0 Å². The minimum absolute atomic E-state index is 0.0187. The van der Waals surface area contributed by atoms with E-state index in [1.165, 1.54) is 16.2 Å². The second-order valence-electron chi connectivity index (χ2n) is 9.62. The minimum Gasteiger partial charge on any atom is -0.391 e. The Kier molecular flexibility index (Phi) is 7.17. The van der Waals surface area contributed by atoms with Crippen molar-refractivity contribution in [2.75, 3.05) is 6.54 Å². The van der Waals surface area contributed by atoms with Gasteiger partial charge in [-0.15, -0.1) is 0 Å². The highest BCUT2D eigenvalue weighted by molar-refractivity contribution is 8.09. The molecule has 166 valence electrons. The standard InChI is InChI=1S/C23H35N3O3S/c1-14-21(30-15(2)25-14)17-8-6-16(7-9-17)12-24-22(29)19-10-18(27)13-26(19)20(28)11-23(3,4)5/h6-9,15,18-19,22,24-25,27,29H,10-13H2,1-5H3/t15?,18-,19+,22?/m1/s1. The highest BCUT2D eigenvalue weighted by Gasteiger charge is 2.39. The SMILES string of the molecule is CC1=C(c2ccc(CNC(O)[C@@H]3C[C@@H](O)CN3C(=O)CC(C)(C)C)cc2)SC(C)N1. The van der Waals surface area contributed by atoms with Gasteiger partial charge in [-0.3, -0.25) is 10.1 Å². The summed E-state index contributed by atoms with van der Waals surface area (Å²) in [5.74, 6) is -0.0187. The van der Waals surface area contributed by atoms with E-state index in [-0.39, 0.29) is 17.9 Å². The van der Waals surface area contributed by atoms with Crippen molar-refractivity contribution in [3.05, 3.63) is 41.1 Å². The molecular weight excluding hydrogens is 398 g/mol. The maximum absolute atomic E-state index is 12.7. The molecule has 2 unspecified atom stereocenters. The van der Waals surface area contributed by atoms with Crippen LogP contribution < -0.4 is 10.6 Å². The van der Waals surface area contributed by atoms with Gasteiger partial charge in [0.2, 0.25) is 5.91 Å². The highest BCUT2D eigenvalue weighted by Crippen LogP contribution is 2.37. The lowest BCUT2D eigenvalue weighted by Crippen LogP contribution is -2.49. The predicted octanol–water partition coefficient (Wildman–Crippen LogP) is 2.86. The molecule has 4 atom stereocenters. The Balaban J connectivity index is 1.58. The van der Waals surface area contributed by atoms with Gasteiger partial charge in [0.25, 0.3) is 0 Å². The Morgan fingerprint density at radius 3 is 2.57 bits per heavy atom. The maximum atomic E-state index is 12.7. The summed E-state index contributed by atoms with van der Waals surface area (Å²) < 4.78 is 0. The fourth-order valence-corrected chi connectivity index (χ4v) is 5.16. The number of benzene rings is 1. The molecule has 3 rings (SSSR count). The van der Waals surface area contributed by atoms with E-state index in [1.807, 2.05) is 32.5 Å². The number of aliphatic hydroxyl groups is 2. The van der Waals surface area contributed by atoms with Crippen molar-refractivity contribution in [3.63, 3.8) is 0 Å². The minimum atomic E-state index is -0.883. The number of β-amino-alcohol motifs (C(OH)–C–C–N with tert-alkyl or cyclic N) is 1. The summed E-state index contributed by atoms with van der Waals surface area (Å²) >= 11 is 1.83. The summed E-state index contributed by atoms with van der Waals surface area (Å²) in [5, 5.41) is 27.7. The Morgan fingerprint density at radius 1 is 1.33 bits per heavy atom. The molecule has 4 N–H and O–H groups in total. The van der Waals surface area contributed by atoms with Crippen LogP contribution in [0.1, 0.15) is 58.6 Å². The summed E-state index contributed by atoms with van der Waals surface area (Å²) in [7, 11) is 0. The smallest absolute Gasteiger partial charge is 0.223 e. The second-order valence-corrected chi connectivity index (χ2v) is 11.0. The molecule has 0 aromatic heterocycles. The second kappa shape index (κ2) is 9.30. The number of likely N-dealkylation sites (tertiary alicyclic amines) is 1. The van der Waals surface area contributed by atoms with Crippen LogP contribution in [0.15, 0.2) is 30.0 Å². The monoisotopic (exact) mass is 433 g/mol. The third-order valence-corrected chi connectivity index (χ3v) is 6.72. The lowest BCUT2D eigenvalue weighted by atomic mass is 9.91. The Morgan fingerprint density at radius 2 is 2.00 bits per heavy atom. The number of carbonyl (C=O) groups excluding carboxylic acids is 1. The van der Waals surface area contributed by atoms with Crippen LogP contribution in [-0.4, -0.2) is 51.3 Å². The number of thioether (sulfide) groups is 1. The van der Waals surface area contributed by atoms with E-state index in [0.717, 1.165) is 5.56 Å². The number of carbonyl (C=O) groups is 1. The van der Waals surface area contributed by atoms with Crippen LogP contribution in [0.3, 0.4) is 0 Å². The molecule has 0 bridgehead atoms. The maximum Gasteiger partial charge on any atom is 0.223 e. The fraction of sp³-hybridized carbons (Fsp3) is 0.609. The zero-order valence-corrected chi connectivity index (χ0v) is 19.4. The third-order valence-electron chi connectivity index (χ3n) is 5.47. The number of hydrogen-bond acceptors (Lipinski definition) is 6. The van der Waals surface area contributed by atoms with Crippen molar-refractivity contribution in [1.29, 1.82) is 0 Å². The Bertz CT molecular complexity index is 788. The summed E-state index contributed by atoms with van der Waals surface area (Å²) in [6, 6.07) is 7.92. The van der Waals surface area contributed by atoms with Crippen molar-refractivity contribution in [2.24, 2.45) is 5.41 Å². The van der Waals surface area contributed by atoms with Crippen LogP contribution in [0.4, 0.5) is 0 Å². The lowest BCUT2D eigenvalue weighted by molar-refractivity contribution is -0.136. The largest absolute Gasteiger partial charge is 0.391 e. The van der Waals surface area contributed by atoms with Crippen molar-refractivity contribution >= 4 is 22.6 Å². The first-order chi connectivity index (χ1) is 14.0. The van der Waals surface area contributed by atoms with E-state index in [4.69, 9.17) is 0 Å². The van der Waals surface area contributed by atoms with Crippen molar-refractivity contribution in [2.45, 2.75) is 77.8 Å². The van der Waals surface area contributed by atoms with Gasteiger partial charge in [0, 0.05) is 30.1 Å². The molecule has 30 heavy (non-hydrogen) atoms. The Hall–Kier alpha value is -1.54. The van der Waals surface area contributed by atoms with Gasteiger partial charge >= 0.3 is 0 Å². The van der Waals surface area contributed by atoms with Gasteiger partial charge in [-0.05, 0) is 36.8 Å². The zero-order valence-electron chi connectivity index (χ0n) is 18.6. The van der Waals surface area contributed by atoms with Crippen LogP contribution in [0, 0.1) is 5.41 Å². The average Bonchev–Trinajstić information content (AvgIpc) is 3.20. The molecule has 0 aliphatic carbocycles. The molecule has 2 heterocycles. The quantitative estimate of drug-likeness (QED) is 0.516. The lowest BCUT2D eigenvalue weighted by Gasteiger charge is -2.31. The summed E-state index contributed by atoms with van der Waals surface area (Å²) in [6.07, 6.45) is -0.693. The van der Waals surface area contributed by atoms with E-state index >= 15 is 0 Å². The number of hydrogen-bond donors (Lipinski definition) is 4. The normalized spacial score (nSPS) is 25.6. The third kappa shape index (κ3) is 5.78. The first-order valence-electron chi connectivity index (χ1n) is 10.7. The first-order valence-corrected chi connectivity index (χ1v) is 11.5. The number of allylic oxidation sites excluding steroid dienone is 1. The summed E-state index contributed by atoms with van der Waals surface area (Å²) in [4.78, 5) is 15.6. The molecule has 1 fully saturated rings. The topological polar surface area (TPSA) is 84.8 Å². The summed E-state index contributed by atoms with van der Waals surface area (Å²) in [5.41, 5.74) is 3.32. The number of amides is 1.